The van der Waals surface area contributed by atoms with Gasteiger partial charge in [0.05, 0.1) is 23.5 Å². The van der Waals surface area contributed by atoms with Crippen LogP contribution in [0.15, 0.2) is 48.5 Å². The summed E-state index contributed by atoms with van der Waals surface area (Å²) in [4.78, 5) is 44.0. The average molecular weight is 814 g/mol. The fourth-order valence-corrected chi connectivity index (χ4v) is 7.17. The minimum atomic E-state index is -3.45. The number of piperazine rings is 1. The Morgan fingerprint density at radius 1 is 0.932 bits per heavy atom. The Bertz CT molecular complexity index is 1410. The molecule has 1 radical (unpaired) electrons. The molecule has 0 aromatic heterocycles. The van der Waals surface area contributed by atoms with Crippen LogP contribution in [-0.4, -0.2) is 88.4 Å². The Kier molecular flexibility index (Phi) is 11.9. The van der Waals surface area contributed by atoms with Crippen molar-refractivity contribution in [2.24, 2.45) is 17.8 Å². The minimum absolute atomic E-state index is 0. The first-order valence-electron chi connectivity index (χ1n) is 15.1. The number of carbonyl (C=O) groups excluding carboxylic acids is 3. The van der Waals surface area contributed by atoms with E-state index in [2.05, 4.69) is 4.90 Å². The molecule has 2 amide bonds. The van der Waals surface area contributed by atoms with Crippen molar-refractivity contribution in [1.29, 1.82) is 0 Å². The number of piperidine rings is 1. The number of halogens is 1. The van der Waals surface area contributed by atoms with Crippen molar-refractivity contribution in [2.75, 3.05) is 61.3 Å². The van der Waals surface area contributed by atoms with Gasteiger partial charge in [0.25, 0.3) is 0 Å². The van der Waals surface area contributed by atoms with Gasteiger partial charge < -0.3 is 19.5 Å². The molecule has 44 heavy (non-hydrogen) atoms. The molecule has 2 heterocycles. The number of hydrogen-bond acceptors (Lipinski definition) is 6. The predicted octanol–water partition coefficient (Wildman–Crippen LogP) is 3.76. The van der Waals surface area contributed by atoms with Crippen LogP contribution in [0.4, 0.5) is 11.4 Å². The summed E-state index contributed by atoms with van der Waals surface area (Å²) in [6.45, 7) is 3.55. The molecule has 2 aliphatic heterocycles. The average Bonchev–Trinajstić information content (AvgIpc) is 3.84. The van der Waals surface area contributed by atoms with Crippen molar-refractivity contribution in [3.05, 3.63) is 59.1 Å². The summed E-state index contributed by atoms with van der Waals surface area (Å²) < 4.78 is 27.0. The molecule has 12 heteroatoms. The van der Waals surface area contributed by atoms with Gasteiger partial charge in [0.1, 0.15) is 0 Å². The number of rotatable bonds is 11. The Balaban J connectivity index is 0.00000442. The van der Waals surface area contributed by atoms with E-state index in [0.29, 0.717) is 81.7 Å². The van der Waals surface area contributed by atoms with Crippen molar-refractivity contribution in [3.63, 3.8) is 0 Å². The Hall–Kier alpha value is -2.45. The Morgan fingerprint density at radius 2 is 1.57 bits per heavy atom. The molecule has 2 aromatic rings. The van der Waals surface area contributed by atoms with E-state index in [1.165, 1.54) is 10.6 Å². The summed E-state index contributed by atoms with van der Waals surface area (Å²) in [6, 6.07) is 15.0. The molecule has 1 saturated carbocycles. The molecular formula is C32H40ClN4O5ReS-. The van der Waals surface area contributed by atoms with Gasteiger partial charge in [0.15, 0.2) is 0 Å². The van der Waals surface area contributed by atoms with E-state index in [1.807, 2.05) is 47.6 Å². The first-order chi connectivity index (χ1) is 20.6. The number of amides is 2. The number of hydrogen-bond donors (Lipinski definition) is 0. The predicted molar refractivity (Wildman–Crippen MR) is 168 cm³/mol. The molecule has 0 bridgehead atoms. The van der Waals surface area contributed by atoms with Crippen LogP contribution in [0.2, 0.25) is 5.02 Å². The van der Waals surface area contributed by atoms with Gasteiger partial charge >= 0.3 is 0 Å². The van der Waals surface area contributed by atoms with Gasteiger partial charge in [0.2, 0.25) is 21.8 Å². The molecule has 9 nitrogen and oxygen atoms in total. The maximum Gasteiger partial charge on any atom is 0.232 e. The molecule has 5 rings (SSSR count). The maximum atomic E-state index is 13.9. The summed E-state index contributed by atoms with van der Waals surface area (Å²) in [7, 11) is -3.45. The Labute approximate surface area is 279 Å². The van der Waals surface area contributed by atoms with Crippen LogP contribution in [-0.2, 0) is 51.3 Å². The fraction of sp³-hybridized carbons (Fsp3) is 0.531. The van der Waals surface area contributed by atoms with Gasteiger partial charge in [-0.3, -0.25) is 20.2 Å². The first-order valence-corrected chi connectivity index (χ1v) is 17.4. The van der Waals surface area contributed by atoms with Crippen LogP contribution in [0.3, 0.4) is 0 Å². The van der Waals surface area contributed by atoms with Crippen molar-refractivity contribution in [2.45, 2.75) is 38.5 Å². The van der Waals surface area contributed by atoms with Crippen LogP contribution in [0.25, 0.3) is 0 Å². The molecule has 3 aliphatic rings. The number of nitrogens with zero attached hydrogens (tertiary/aromatic N) is 4. The summed E-state index contributed by atoms with van der Waals surface area (Å²) in [5.74, 6) is -0.385. The number of para-hydroxylation sites is 2. The summed E-state index contributed by atoms with van der Waals surface area (Å²) in [5.41, 5.74) is 2.47. The summed E-state index contributed by atoms with van der Waals surface area (Å²) in [6.07, 6.45) is 7.13. The molecule has 3 fully saturated rings. The second kappa shape index (κ2) is 15.2. The van der Waals surface area contributed by atoms with Crippen LogP contribution in [0.5, 0.6) is 0 Å². The van der Waals surface area contributed by atoms with E-state index in [4.69, 9.17) is 11.6 Å². The smallest absolute Gasteiger partial charge is 0.232 e. The normalized spacial score (nSPS) is 18.4. The molecule has 0 N–H and O–H groups in total. The third-order valence-corrected chi connectivity index (χ3v) is 10.2. The molecule has 1 atom stereocenters. The van der Waals surface area contributed by atoms with Gasteiger partial charge in [-0.05, 0) is 55.0 Å². The zero-order chi connectivity index (χ0) is 30.6. The quantitative estimate of drug-likeness (QED) is 0.321. The second-order valence-electron chi connectivity index (χ2n) is 12.0. The maximum absolute atomic E-state index is 13.9. The van der Waals surface area contributed by atoms with E-state index in [-0.39, 0.29) is 44.6 Å². The van der Waals surface area contributed by atoms with E-state index < -0.39 is 15.9 Å². The SMILES string of the molecule is CS(=O)(=O)N(CC1CC1)c1ccccc1N1CCN(C(=O)[C@H](CC(=O)N2CCC([C-]=O)CC2)Cc2ccc(Cl)cc2)CC1.[Re]. The Morgan fingerprint density at radius 3 is 2.16 bits per heavy atom. The summed E-state index contributed by atoms with van der Waals surface area (Å²) >= 11 is 6.09. The van der Waals surface area contributed by atoms with E-state index in [1.54, 1.807) is 17.0 Å². The third kappa shape index (κ3) is 8.84. The van der Waals surface area contributed by atoms with Crippen LogP contribution in [0, 0.1) is 17.8 Å². The van der Waals surface area contributed by atoms with E-state index >= 15 is 0 Å². The molecule has 239 valence electrons. The molecule has 2 saturated heterocycles. The standard InChI is InChI=1S/C32H40ClN4O5S.Re/c1-43(41,42)37(22-25-6-7-25)30-5-3-2-4-29(30)34-16-18-36(19-17-34)32(40)27(20-24-8-10-28(33)11-9-24)21-31(39)35-14-12-26(23-38)13-15-35;/h2-5,8-11,25-27H,6-7,12-22H2,1H3;/q-1;/t27-;/m0./s1. The largest absolute Gasteiger partial charge is 0.542 e. The van der Waals surface area contributed by atoms with Gasteiger partial charge in [-0.1, -0.05) is 48.7 Å². The van der Waals surface area contributed by atoms with Crippen molar-refractivity contribution in [1.82, 2.24) is 9.80 Å². The second-order valence-corrected chi connectivity index (χ2v) is 14.4. The van der Waals surface area contributed by atoms with E-state index in [9.17, 15) is 22.8 Å². The topological polar surface area (TPSA) is 98.3 Å². The van der Waals surface area contributed by atoms with Crippen molar-refractivity contribution < 1.29 is 43.2 Å². The number of carbonyl (C=O) groups is 2. The molecule has 2 aromatic carbocycles. The first kappa shape index (κ1) is 34.4. The number of benzene rings is 2. The van der Waals surface area contributed by atoms with Crippen LogP contribution < -0.4 is 9.21 Å². The molecule has 0 spiro atoms. The van der Waals surface area contributed by atoms with Gasteiger partial charge in [0, 0.05) is 77.7 Å². The van der Waals surface area contributed by atoms with Crippen molar-refractivity contribution in [3.8, 4) is 0 Å². The molecule has 0 unspecified atom stereocenters. The number of anilines is 2. The zero-order valence-electron chi connectivity index (χ0n) is 25.0. The van der Waals surface area contributed by atoms with E-state index in [0.717, 1.165) is 24.1 Å². The zero-order valence-corrected chi connectivity index (χ0v) is 29.3. The molecule has 1 aliphatic carbocycles. The number of sulfonamides is 1. The molecular weight excluding hydrogens is 774 g/mol. The monoisotopic (exact) mass is 814 g/mol. The van der Waals surface area contributed by atoms with Crippen LogP contribution in [0.1, 0.15) is 37.7 Å². The third-order valence-electron chi connectivity index (χ3n) is 8.78. The fourth-order valence-electron chi connectivity index (χ4n) is 6.05. The van der Waals surface area contributed by atoms with Gasteiger partial charge in [-0.25, -0.2) is 8.42 Å². The summed E-state index contributed by atoms with van der Waals surface area (Å²) in [5, 5.41) is 0.612. The number of likely N-dealkylation sites (tertiary alicyclic amines) is 1. The van der Waals surface area contributed by atoms with Gasteiger partial charge in [-0.15, -0.1) is 5.92 Å². The minimum Gasteiger partial charge on any atom is -0.542 e. The van der Waals surface area contributed by atoms with Crippen LogP contribution >= 0.6 is 11.6 Å². The van der Waals surface area contributed by atoms with Crippen molar-refractivity contribution >= 4 is 51.1 Å². The van der Waals surface area contributed by atoms with Gasteiger partial charge in [-0.2, -0.15) is 0 Å².